The molecule has 0 spiro atoms. The summed E-state index contributed by atoms with van der Waals surface area (Å²) < 4.78 is 5.28. The molecule has 1 unspecified atom stereocenters. The molecular weight excluding hydrogens is 206 g/mol. The zero-order chi connectivity index (χ0) is 11.4. The first-order chi connectivity index (χ1) is 7.79. The summed E-state index contributed by atoms with van der Waals surface area (Å²) in [7, 11) is 0. The number of hydrogen-bond acceptors (Lipinski definition) is 3. The second kappa shape index (κ2) is 5.64. The molecule has 2 rings (SSSR count). The van der Waals surface area contributed by atoms with Gasteiger partial charge in [0.25, 0.3) is 0 Å². The number of carboxylic acids is 1. The molecule has 1 saturated heterocycles. The average Bonchev–Trinajstić information content (AvgIpc) is 2.31. The SMILES string of the molecule is O=C(O)C(C1CCCCC1)N1CCOCC1. The fourth-order valence-corrected chi connectivity index (χ4v) is 2.96. The van der Waals surface area contributed by atoms with Crippen molar-refractivity contribution < 1.29 is 14.6 Å². The molecule has 1 aliphatic carbocycles. The minimum atomic E-state index is -0.645. The molecule has 0 aromatic heterocycles. The lowest BCUT2D eigenvalue weighted by molar-refractivity contribution is -0.148. The lowest BCUT2D eigenvalue weighted by Gasteiger charge is -2.37. The molecule has 2 aliphatic rings. The zero-order valence-corrected chi connectivity index (χ0v) is 9.73. The average molecular weight is 227 g/mol. The third-order valence-electron chi connectivity index (χ3n) is 3.79. The van der Waals surface area contributed by atoms with Crippen LogP contribution in [-0.2, 0) is 9.53 Å². The van der Waals surface area contributed by atoms with E-state index in [0.29, 0.717) is 19.1 Å². The number of morpholine rings is 1. The van der Waals surface area contributed by atoms with Crippen molar-refractivity contribution in [3.05, 3.63) is 0 Å². The van der Waals surface area contributed by atoms with Gasteiger partial charge in [0.2, 0.25) is 0 Å². The maximum Gasteiger partial charge on any atom is 0.321 e. The Labute approximate surface area is 96.6 Å². The summed E-state index contributed by atoms with van der Waals surface area (Å²) in [6, 6.07) is -0.274. The fraction of sp³-hybridized carbons (Fsp3) is 0.917. The van der Waals surface area contributed by atoms with Crippen LogP contribution in [0.3, 0.4) is 0 Å². The van der Waals surface area contributed by atoms with Crippen molar-refractivity contribution in [3.8, 4) is 0 Å². The summed E-state index contributed by atoms with van der Waals surface area (Å²) >= 11 is 0. The van der Waals surface area contributed by atoms with Crippen LogP contribution in [0.1, 0.15) is 32.1 Å². The van der Waals surface area contributed by atoms with E-state index in [1.54, 1.807) is 0 Å². The van der Waals surface area contributed by atoms with E-state index in [4.69, 9.17) is 4.74 Å². The number of nitrogens with zero attached hydrogens (tertiary/aromatic N) is 1. The van der Waals surface area contributed by atoms with Gasteiger partial charge < -0.3 is 9.84 Å². The number of hydrogen-bond donors (Lipinski definition) is 1. The summed E-state index contributed by atoms with van der Waals surface area (Å²) in [6.45, 7) is 2.90. The molecule has 4 nitrogen and oxygen atoms in total. The molecule has 0 radical (unpaired) electrons. The van der Waals surface area contributed by atoms with Gasteiger partial charge in [0.05, 0.1) is 13.2 Å². The van der Waals surface area contributed by atoms with Gasteiger partial charge in [-0.2, -0.15) is 0 Å². The van der Waals surface area contributed by atoms with Gasteiger partial charge in [-0.15, -0.1) is 0 Å². The van der Waals surface area contributed by atoms with E-state index < -0.39 is 5.97 Å². The molecule has 1 aliphatic heterocycles. The molecule has 1 atom stereocenters. The lowest BCUT2D eigenvalue weighted by Crippen LogP contribution is -2.51. The summed E-state index contributed by atoms with van der Waals surface area (Å²) in [6.07, 6.45) is 5.81. The molecule has 0 bridgehead atoms. The number of carbonyl (C=O) groups is 1. The van der Waals surface area contributed by atoms with Gasteiger partial charge in [0.15, 0.2) is 0 Å². The molecule has 4 heteroatoms. The highest BCUT2D eigenvalue weighted by Gasteiger charge is 2.34. The summed E-state index contributed by atoms with van der Waals surface area (Å²) in [5.74, 6) is -0.293. The van der Waals surface area contributed by atoms with Crippen molar-refractivity contribution >= 4 is 5.97 Å². The smallest absolute Gasteiger partial charge is 0.321 e. The molecule has 1 heterocycles. The van der Waals surface area contributed by atoms with Gasteiger partial charge in [0, 0.05) is 13.1 Å². The number of rotatable bonds is 3. The quantitative estimate of drug-likeness (QED) is 0.790. The van der Waals surface area contributed by atoms with E-state index >= 15 is 0 Å². The summed E-state index contributed by atoms with van der Waals surface area (Å²) in [5, 5.41) is 9.40. The monoisotopic (exact) mass is 227 g/mol. The highest BCUT2D eigenvalue weighted by atomic mass is 16.5. The number of aliphatic carboxylic acids is 1. The fourth-order valence-electron chi connectivity index (χ4n) is 2.96. The van der Waals surface area contributed by atoms with Crippen LogP contribution in [0.15, 0.2) is 0 Å². The summed E-state index contributed by atoms with van der Waals surface area (Å²) in [4.78, 5) is 13.5. The highest BCUT2D eigenvalue weighted by molar-refractivity contribution is 5.74. The molecule has 92 valence electrons. The largest absolute Gasteiger partial charge is 0.480 e. The first-order valence-electron chi connectivity index (χ1n) is 6.33. The molecule has 2 fully saturated rings. The Kier molecular flexibility index (Phi) is 4.18. The van der Waals surface area contributed by atoms with Gasteiger partial charge in [-0.1, -0.05) is 19.3 Å². The van der Waals surface area contributed by atoms with Crippen LogP contribution >= 0.6 is 0 Å². The van der Waals surface area contributed by atoms with Gasteiger partial charge in [-0.25, -0.2) is 0 Å². The van der Waals surface area contributed by atoms with Crippen molar-refractivity contribution in [3.63, 3.8) is 0 Å². The van der Waals surface area contributed by atoms with Crippen molar-refractivity contribution in [2.24, 2.45) is 5.92 Å². The first-order valence-corrected chi connectivity index (χ1v) is 6.33. The van der Waals surface area contributed by atoms with Crippen LogP contribution in [0.5, 0.6) is 0 Å². The van der Waals surface area contributed by atoms with Gasteiger partial charge in [-0.3, -0.25) is 9.69 Å². The normalized spacial score (nSPS) is 26.5. The molecular formula is C12H21NO3. The maximum absolute atomic E-state index is 11.4. The number of ether oxygens (including phenoxy) is 1. The van der Waals surface area contributed by atoms with Gasteiger partial charge in [-0.05, 0) is 18.8 Å². The molecule has 1 N–H and O–H groups in total. The minimum absolute atomic E-state index is 0.274. The Morgan fingerprint density at radius 2 is 1.81 bits per heavy atom. The highest BCUT2D eigenvalue weighted by Crippen LogP contribution is 2.29. The van der Waals surface area contributed by atoms with Crippen molar-refractivity contribution in [2.75, 3.05) is 26.3 Å². The number of carboxylic acid groups (broad SMARTS) is 1. The van der Waals surface area contributed by atoms with Crippen LogP contribution in [0, 0.1) is 5.92 Å². The molecule has 0 aromatic carbocycles. The third-order valence-corrected chi connectivity index (χ3v) is 3.79. The van der Waals surface area contributed by atoms with E-state index in [1.807, 2.05) is 0 Å². The molecule has 16 heavy (non-hydrogen) atoms. The molecule has 1 saturated carbocycles. The van der Waals surface area contributed by atoms with E-state index in [2.05, 4.69) is 4.90 Å². The van der Waals surface area contributed by atoms with Crippen LogP contribution in [0.25, 0.3) is 0 Å². The standard InChI is InChI=1S/C12H21NO3/c14-12(15)11(10-4-2-1-3-5-10)13-6-8-16-9-7-13/h10-11H,1-9H2,(H,14,15). The van der Waals surface area contributed by atoms with Crippen LogP contribution in [-0.4, -0.2) is 48.3 Å². The zero-order valence-electron chi connectivity index (χ0n) is 9.73. The van der Waals surface area contributed by atoms with E-state index in [0.717, 1.165) is 25.9 Å². The second-order valence-electron chi connectivity index (χ2n) is 4.83. The van der Waals surface area contributed by atoms with Crippen LogP contribution in [0.4, 0.5) is 0 Å². The topological polar surface area (TPSA) is 49.8 Å². The van der Waals surface area contributed by atoms with Crippen LogP contribution in [0.2, 0.25) is 0 Å². The van der Waals surface area contributed by atoms with E-state index in [1.165, 1.54) is 19.3 Å². The Hall–Kier alpha value is -0.610. The predicted molar refractivity (Wildman–Crippen MR) is 60.4 cm³/mol. The summed E-state index contributed by atoms with van der Waals surface area (Å²) in [5.41, 5.74) is 0. The van der Waals surface area contributed by atoms with Gasteiger partial charge in [0.1, 0.15) is 6.04 Å². The van der Waals surface area contributed by atoms with E-state index in [-0.39, 0.29) is 6.04 Å². The predicted octanol–water partition coefficient (Wildman–Crippen LogP) is 1.35. The van der Waals surface area contributed by atoms with Crippen molar-refractivity contribution in [2.45, 2.75) is 38.1 Å². The van der Waals surface area contributed by atoms with Gasteiger partial charge >= 0.3 is 5.97 Å². The Morgan fingerprint density at radius 1 is 1.19 bits per heavy atom. The first kappa shape index (κ1) is 11.9. The molecule has 0 amide bonds. The van der Waals surface area contributed by atoms with Crippen LogP contribution < -0.4 is 0 Å². The third kappa shape index (κ3) is 2.74. The maximum atomic E-state index is 11.4. The van der Waals surface area contributed by atoms with E-state index in [9.17, 15) is 9.90 Å². The Bertz CT molecular complexity index is 214. The minimum Gasteiger partial charge on any atom is -0.480 e. The van der Waals surface area contributed by atoms with Crippen molar-refractivity contribution in [1.82, 2.24) is 4.90 Å². The Morgan fingerprint density at radius 3 is 2.38 bits per heavy atom. The molecule has 0 aromatic rings. The second-order valence-corrected chi connectivity index (χ2v) is 4.83. The Balaban J connectivity index is 1.99. The lowest BCUT2D eigenvalue weighted by atomic mass is 9.83. The van der Waals surface area contributed by atoms with Crippen molar-refractivity contribution in [1.29, 1.82) is 0 Å².